The van der Waals surface area contributed by atoms with E-state index in [-0.39, 0.29) is 24.3 Å². The average Bonchev–Trinajstić information content (AvgIpc) is 2.58. The number of hydrogen-bond acceptors (Lipinski definition) is 5. The number of hydrogen-bond donors (Lipinski definition) is 0. The van der Waals surface area contributed by atoms with Crippen LogP contribution in [-0.4, -0.2) is 50.2 Å². The van der Waals surface area contributed by atoms with Crippen molar-refractivity contribution in [1.29, 1.82) is 0 Å². The monoisotopic (exact) mass is 337 g/mol. The van der Waals surface area contributed by atoms with Gasteiger partial charge in [0.1, 0.15) is 11.5 Å². The van der Waals surface area contributed by atoms with E-state index in [1.54, 1.807) is 12.0 Å². The summed E-state index contributed by atoms with van der Waals surface area (Å²) in [5, 5.41) is 0. The van der Waals surface area contributed by atoms with E-state index < -0.39 is 0 Å². The highest BCUT2D eigenvalue weighted by atomic mass is 16.5. The first-order chi connectivity index (χ1) is 11.5. The molecule has 0 atom stereocenters. The Labute approximate surface area is 143 Å². The van der Waals surface area contributed by atoms with Crippen LogP contribution in [0.3, 0.4) is 0 Å². The standard InChI is InChI=1S/C18H27NO5/c1-14(2)19(12-11-18(21)23-4)17(20)6-5-13-24-16-9-7-15(22-3)8-10-16/h7-10,14H,5-6,11-13H2,1-4H3. The molecule has 0 aromatic heterocycles. The lowest BCUT2D eigenvalue weighted by atomic mass is 10.2. The lowest BCUT2D eigenvalue weighted by Crippen LogP contribution is -2.38. The van der Waals surface area contributed by atoms with E-state index in [0.29, 0.717) is 26.0 Å². The molecule has 0 aliphatic rings. The fourth-order valence-electron chi connectivity index (χ4n) is 2.21. The normalized spacial score (nSPS) is 10.4. The molecule has 1 rings (SSSR count). The number of amides is 1. The predicted octanol–water partition coefficient (Wildman–Crippen LogP) is 2.65. The van der Waals surface area contributed by atoms with Crippen LogP contribution in [0.4, 0.5) is 0 Å². The van der Waals surface area contributed by atoms with Crippen LogP contribution in [0.15, 0.2) is 24.3 Å². The van der Waals surface area contributed by atoms with Crippen molar-refractivity contribution in [3.8, 4) is 11.5 Å². The molecule has 6 nitrogen and oxygen atoms in total. The van der Waals surface area contributed by atoms with Gasteiger partial charge in [-0.1, -0.05) is 0 Å². The fraction of sp³-hybridized carbons (Fsp3) is 0.556. The van der Waals surface area contributed by atoms with Crippen LogP contribution in [0.2, 0.25) is 0 Å². The molecule has 0 spiro atoms. The molecule has 0 aliphatic heterocycles. The maximum Gasteiger partial charge on any atom is 0.307 e. The minimum Gasteiger partial charge on any atom is -0.497 e. The SMILES string of the molecule is COC(=O)CCN(C(=O)CCCOc1ccc(OC)cc1)C(C)C. The van der Waals surface area contributed by atoms with E-state index in [0.717, 1.165) is 11.5 Å². The van der Waals surface area contributed by atoms with Crippen molar-refractivity contribution in [3.05, 3.63) is 24.3 Å². The van der Waals surface area contributed by atoms with Crippen molar-refractivity contribution < 1.29 is 23.8 Å². The quantitative estimate of drug-likeness (QED) is 0.485. The Morgan fingerprint density at radius 2 is 1.67 bits per heavy atom. The van der Waals surface area contributed by atoms with Crippen LogP contribution in [0.5, 0.6) is 11.5 Å². The lowest BCUT2D eigenvalue weighted by molar-refractivity contribution is -0.142. The highest BCUT2D eigenvalue weighted by Gasteiger charge is 2.17. The van der Waals surface area contributed by atoms with Gasteiger partial charge in [0.15, 0.2) is 0 Å². The second-order valence-corrected chi connectivity index (χ2v) is 5.63. The van der Waals surface area contributed by atoms with Gasteiger partial charge in [-0.15, -0.1) is 0 Å². The Balaban J connectivity index is 2.35. The van der Waals surface area contributed by atoms with E-state index >= 15 is 0 Å². The number of nitrogens with zero attached hydrogens (tertiary/aromatic N) is 1. The molecule has 0 saturated carbocycles. The van der Waals surface area contributed by atoms with Crippen LogP contribution in [0.25, 0.3) is 0 Å². The molecule has 0 radical (unpaired) electrons. The number of methoxy groups -OCH3 is 2. The predicted molar refractivity (Wildman–Crippen MR) is 91.2 cm³/mol. The summed E-state index contributed by atoms with van der Waals surface area (Å²) in [6, 6.07) is 7.36. The van der Waals surface area contributed by atoms with Gasteiger partial charge in [0.2, 0.25) is 5.91 Å². The van der Waals surface area contributed by atoms with Crippen molar-refractivity contribution in [2.45, 2.75) is 39.2 Å². The molecule has 0 aliphatic carbocycles. The van der Waals surface area contributed by atoms with E-state index in [1.807, 2.05) is 38.1 Å². The Morgan fingerprint density at radius 1 is 1.04 bits per heavy atom. The summed E-state index contributed by atoms with van der Waals surface area (Å²) in [5.74, 6) is 1.23. The molecule has 24 heavy (non-hydrogen) atoms. The third-order valence-electron chi connectivity index (χ3n) is 3.59. The van der Waals surface area contributed by atoms with Crippen LogP contribution in [0.1, 0.15) is 33.1 Å². The summed E-state index contributed by atoms with van der Waals surface area (Å²) in [6.07, 6.45) is 1.21. The maximum absolute atomic E-state index is 12.3. The van der Waals surface area contributed by atoms with Gasteiger partial charge in [0.25, 0.3) is 0 Å². The Kier molecular flexibility index (Phi) is 8.68. The third kappa shape index (κ3) is 6.89. The van der Waals surface area contributed by atoms with Gasteiger partial charge >= 0.3 is 5.97 Å². The van der Waals surface area contributed by atoms with Gasteiger partial charge in [-0.05, 0) is 44.5 Å². The first-order valence-corrected chi connectivity index (χ1v) is 8.11. The minimum absolute atomic E-state index is 0.0206. The molecular weight excluding hydrogens is 310 g/mol. The number of carbonyl (C=O) groups is 2. The zero-order valence-corrected chi connectivity index (χ0v) is 14.9. The van der Waals surface area contributed by atoms with Crippen molar-refractivity contribution in [2.75, 3.05) is 27.4 Å². The van der Waals surface area contributed by atoms with Crippen LogP contribution in [0, 0.1) is 0 Å². The summed E-state index contributed by atoms with van der Waals surface area (Å²) < 4.78 is 15.3. The summed E-state index contributed by atoms with van der Waals surface area (Å²) in [7, 11) is 2.96. The van der Waals surface area contributed by atoms with Crippen LogP contribution in [-0.2, 0) is 14.3 Å². The Morgan fingerprint density at radius 3 is 2.21 bits per heavy atom. The Hall–Kier alpha value is -2.24. The van der Waals surface area contributed by atoms with E-state index in [4.69, 9.17) is 9.47 Å². The van der Waals surface area contributed by atoms with Crippen molar-refractivity contribution in [3.63, 3.8) is 0 Å². The van der Waals surface area contributed by atoms with Gasteiger partial charge in [0, 0.05) is 19.0 Å². The summed E-state index contributed by atoms with van der Waals surface area (Å²) in [5.41, 5.74) is 0. The van der Waals surface area contributed by atoms with Crippen molar-refractivity contribution in [1.82, 2.24) is 4.90 Å². The zero-order valence-electron chi connectivity index (χ0n) is 14.9. The molecule has 1 aromatic rings. The molecule has 0 N–H and O–H groups in total. The highest BCUT2D eigenvalue weighted by molar-refractivity contribution is 5.77. The van der Waals surface area contributed by atoms with Gasteiger partial charge in [-0.2, -0.15) is 0 Å². The third-order valence-corrected chi connectivity index (χ3v) is 3.59. The second kappa shape index (κ2) is 10.5. The van der Waals surface area contributed by atoms with Gasteiger partial charge in [-0.3, -0.25) is 9.59 Å². The molecule has 0 heterocycles. The van der Waals surface area contributed by atoms with E-state index in [9.17, 15) is 9.59 Å². The Bertz CT molecular complexity index is 513. The topological polar surface area (TPSA) is 65.1 Å². The summed E-state index contributed by atoms with van der Waals surface area (Å²) in [6.45, 7) is 4.70. The molecule has 0 fully saturated rings. The van der Waals surface area contributed by atoms with Gasteiger partial charge in [0.05, 0.1) is 27.2 Å². The number of benzene rings is 1. The molecule has 1 amide bonds. The number of rotatable bonds is 10. The minimum atomic E-state index is -0.309. The van der Waals surface area contributed by atoms with Crippen molar-refractivity contribution >= 4 is 11.9 Å². The fourth-order valence-corrected chi connectivity index (χ4v) is 2.21. The number of esters is 1. The highest BCUT2D eigenvalue weighted by Crippen LogP contribution is 2.17. The molecular formula is C18H27NO5. The van der Waals surface area contributed by atoms with E-state index in [1.165, 1.54) is 7.11 Å². The molecule has 0 bridgehead atoms. The van der Waals surface area contributed by atoms with Crippen LogP contribution < -0.4 is 9.47 Å². The van der Waals surface area contributed by atoms with Gasteiger partial charge in [-0.25, -0.2) is 0 Å². The average molecular weight is 337 g/mol. The summed E-state index contributed by atoms with van der Waals surface area (Å²) in [4.78, 5) is 25.2. The molecule has 6 heteroatoms. The lowest BCUT2D eigenvalue weighted by Gasteiger charge is -2.26. The van der Waals surface area contributed by atoms with Gasteiger partial charge < -0.3 is 19.1 Å². The van der Waals surface area contributed by atoms with Crippen molar-refractivity contribution in [2.24, 2.45) is 0 Å². The molecule has 0 saturated heterocycles. The van der Waals surface area contributed by atoms with Crippen LogP contribution >= 0.6 is 0 Å². The zero-order chi connectivity index (χ0) is 17.9. The first-order valence-electron chi connectivity index (χ1n) is 8.11. The number of ether oxygens (including phenoxy) is 3. The largest absolute Gasteiger partial charge is 0.497 e. The molecule has 0 unspecified atom stereocenters. The molecule has 134 valence electrons. The molecule has 1 aromatic carbocycles. The number of carbonyl (C=O) groups excluding carboxylic acids is 2. The second-order valence-electron chi connectivity index (χ2n) is 5.63. The first kappa shape index (κ1) is 19.8. The van der Waals surface area contributed by atoms with E-state index in [2.05, 4.69) is 4.74 Å². The maximum atomic E-state index is 12.3. The summed E-state index contributed by atoms with van der Waals surface area (Å²) >= 11 is 0. The smallest absolute Gasteiger partial charge is 0.307 e.